The first kappa shape index (κ1) is 20.5. The van der Waals surface area contributed by atoms with Crippen molar-refractivity contribution in [1.29, 1.82) is 0 Å². The topological polar surface area (TPSA) is 72.7 Å². The van der Waals surface area contributed by atoms with Crippen LogP contribution in [0.15, 0.2) is 58.2 Å². The van der Waals surface area contributed by atoms with Gasteiger partial charge in [-0.05, 0) is 43.0 Å². The number of nitrogens with zero attached hydrogens (tertiary/aromatic N) is 4. The minimum atomic E-state index is -0.218. The lowest BCUT2D eigenvalue weighted by Crippen LogP contribution is -2.34. The fraction of sp³-hybridized carbons (Fsp3) is 0.304. The number of hydrogen-bond acceptors (Lipinski definition) is 5. The van der Waals surface area contributed by atoms with Crippen LogP contribution in [0.2, 0.25) is 0 Å². The van der Waals surface area contributed by atoms with Gasteiger partial charge in [0.2, 0.25) is 11.1 Å². The number of rotatable bonds is 7. The molecule has 6 nitrogen and oxygen atoms in total. The van der Waals surface area contributed by atoms with Crippen molar-refractivity contribution in [3.8, 4) is 0 Å². The molecule has 8 heteroatoms. The van der Waals surface area contributed by atoms with Gasteiger partial charge in [-0.1, -0.05) is 64.9 Å². The van der Waals surface area contributed by atoms with Crippen LogP contribution in [0.4, 0.5) is 0 Å². The van der Waals surface area contributed by atoms with E-state index in [4.69, 9.17) is 4.98 Å². The van der Waals surface area contributed by atoms with Gasteiger partial charge in [-0.3, -0.25) is 4.79 Å². The summed E-state index contributed by atoms with van der Waals surface area (Å²) in [5.74, 6) is 0.0640. The summed E-state index contributed by atoms with van der Waals surface area (Å²) in [6, 6.07) is 16.8. The van der Waals surface area contributed by atoms with Gasteiger partial charge < -0.3 is 9.88 Å². The minimum absolute atomic E-state index is 0.0640. The third-order valence-corrected chi connectivity index (χ3v) is 7.19. The second-order valence-electron chi connectivity index (χ2n) is 7.79. The molecular weight excluding hydrogens is 474 g/mol. The third-order valence-electron chi connectivity index (χ3n) is 5.44. The molecule has 31 heavy (non-hydrogen) atoms. The Morgan fingerprint density at radius 1 is 1.19 bits per heavy atom. The lowest BCUT2D eigenvalue weighted by Gasteiger charge is -2.13. The number of hydrogen-bond donors (Lipinski definition) is 1. The fourth-order valence-corrected chi connectivity index (χ4v) is 4.73. The van der Waals surface area contributed by atoms with Crippen molar-refractivity contribution in [2.45, 2.75) is 49.2 Å². The van der Waals surface area contributed by atoms with Crippen molar-refractivity contribution < 1.29 is 4.79 Å². The molecule has 158 valence electrons. The average molecular weight is 496 g/mol. The second-order valence-corrected chi connectivity index (χ2v) is 9.88. The van der Waals surface area contributed by atoms with E-state index in [0.717, 1.165) is 39.4 Å². The Labute approximate surface area is 193 Å². The fourth-order valence-electron chi connectivity index (χ4n) is 3.64. The summed E-state index contributed by atoms with van der Waals surface area (Å²) in [5.41, 5.74) is 3.82. The molecule has 0 radical (unpaired) electrons. The van der Waals surface area contributed by atoms with E-state index in [-0.39, 0.29) is 11.2 Å². The van der Waals surface area contributed by atoms with Crippen LogP contribution in [-0.4, -0.2) is 36.9 Å². The number of para-hydroxylation sites is 1. The monoisotopic (exact) mass is 495 g/mol. The van der Waals surface area contributed by atoms with Crippen LogP contribution < -0.4 is 5.32 Å². The maximum absolute atomic E-state index is 12.6. The van der Waals surface area contributed by atoms with Crippen molar-refractivity contribution >= 4 is 55.7 Å². The predicted molar refractivity (Wildman–Crippen MR) is 127 cm³/mol. The van der Waals surface area contributed by atoms with E-state index in [0.29, 0.717) is 24.2 Å². The number of halogens is 1. The number of benzene rings is 2. The number of amides is 1. The largest absolute Gasteiger partial charge is 0.352 e. The quantitative estimate of drug-likeness (QED) is 0.367. The second kappa shape index (κ2) is 8.59. The molecule has 0 spiro atoms. The average Bonchev–Trinajstić information content (AvgIpc) is 3.55. The number of nitrogens with one attached hydrogen (secondary N) is 1. The van der Waals surface area contributed by atoms with E-state index in [1.807, 2.05) is 31.2 Å². The molecule has 1 unspecified atom stereocenters. The first-order chi connectivity index (χ1) is 15.1. The Morgan fingerprint density at radius 3 is 2.71 bits per heavy atom. The van der Waals surface area contributed by atoms with E-state index in [1.165, 1.54) is 17.3 Å². The molecule has 2 aromatic carbocycles. The highest BCUT2D eigenvalue weighted by atomic mass is 79.9. The highest BCUT2D eigenvalue weighted by Gasteiger charge is 2.28. The molecule has 0 saturated heterocycles. The minimum Gasteiger partial charge on any atom is -0.352 e. The molecule has 1 fully saturated rings. The maximum Gasteiger partial charge on any atom is 0.233 e. The van der Waals surface area contributed by atoms with Crippen molar-refractivity contribution in [2.24, 2.45) is 0 Å². The lowest BCUT2D eigenvalue weighted by molar-refractivity contribution is -0.120. The summed E-state index contributed by atoms with van der Waals surface area (Å²) in [6.45, 7) is 2.69. The van der Waals surface area contributed by atoms with Crippen LogP contribution in [0, 0.1) is 0 Å². The molecule has 2 aromatic heterocycles. The zero-order chi connectivity index (χ0) is 21.4. The highest BCUT2D eigenvalue weighted by Crippen LogP contribution is 2.30. The molecule has 1 atom stereocenters. The standard InChI is InChI=1S/C23H22BrN5OS/c1-2-19(22(30)25-16-11-12-16)31-23-26-21-20(27-28-23)17-5-3-4-6-18(17)29(21)13-14-7-9-15(24)10-8-14/h3-10,16,19H,2,11-13H2,1H3,(H,25,30). The lowest BCUT2D eigenvalue weighted by atomic mass is 10.2. The Balaban J connectivity index is 1.52. The Hall–Kier alpha value is -2.45. The van der Waals surface area contributed by atoms with E-state index >= 15 is 0 Å². The summed E-state index contributed by atoms with van der Waals surface area (Å²) in [6.07, 6.45) is 2.87. The zero-order valence-corrected chi connectivity index (χ0v) is 19.5. The molecule has 1 aliphatic carbocycles. The van der Waals surface area contributed by atoms with Gasteiger partial charge in [0.05, 0.1) is 10.8 Å². The molecule has 1 aliphatic rings. The van der Waals surface area contributed by atoms with Crippen molar-refractivity contribution in [1.82, 2.24) is 25.1 Å². The van der Waals surface area contributed by atoms with Crippen LogP contribution in [-0.2, 0) is 11.3 Å². The first-order valence-corrected chi connectivity index (χ1v) is 12.1. The van der Waals surface area contributed by atoms with Crippen LogP contribution in [0.5, 0.6) is 0 Å². The van der Waals surface area contributed by atoms with E-state index in [1.54, 1.807) is 0 Å². The maximum atomic E-state index is 12.6. The summed E-state index contributed by atoms with van der Waals surface area (Å²) in [5, 5.41) is 13.3. The van der Waals surface area contributed by atoms with Gasteiger partial charge in [0.25, 0.3) is 0 Å². The number of carbonyl (C=O) groups is 1. The molecule has 0 aliphatic heterocycles. The molecule has 0 bridgehead atoms. The zero-order valence-electron chi connectivity index (χ0n) is 17.1. The molecule has 1 saturated carbocycles. The van der Waals surface area contributed by atoms with E-state index in [9.17, 15) is 4.79 Å². The number of carbonyl (C=O) groups excluding carboxylic acids is 1. The van der Waals surface area contributed by atoms with Crippen LogP contribution in [0.25, 0.3) is 22.1 Å². The van der Waals surface area contributed by atoms with Gasteiger partial charge in [0.15, 0.2) is 5.65 Å². The van der Waals surface area contributed by atoms with Crippen molar-refractivity contribution in [3.05, 3.63) is 58.6 Å². The normalized spacial score (nSPS) is 14.8. The summed E-state index contributed by atoms with van der Waals surface area (Å²) < 4.78 is 3.23. The first-order valence-electron chi connectivity index (χ1n) is 10.5. The van der Waals surface area contributed by atoms with E-state index < -0.39 is 0 Å². The Morgan fingerprint density at radius 2 is 1.97 bits per heavy atom. The van der Waals surface area contributed by atoms with Gasteiger partial charge >= 0.3 is 0 Å². The summed E-state index contributed by atoms with van der Waals surface area (Å²) in [7, 11) is 0. The molecule has 1 amide bonds. The highest BCUT2D eigenvalue weighted by molar-refractivity contribution is 9.10. The molecule has 2 heterocycles. The number of fused-ring (bicyclic) bond motifs is 3. The van der Waals surface area contributed by atoms with Gasteiger partial charge in [-0.25, -0.2) is 4.98 Å². The van der Waals surface area contributed by atoms with Crippen LogP contribution in [0.1, 0.15) is 31.7 Å². The van der Waals surface area contributed by atoms with Gasteiger partial charge in [0.1, 0.15) is 5.52 Å². The number of thioether (sulfide) groups is 1. The van der Waals surface area contributed by atoms with Crippen molar-refractivity contribution in [2.75, 3.05) is 0 Å². The van der Waals surface area contributed by atoms with E-state index in [2.05, 4.69) is 60.3 Å². The molecule has 4 aromatic rings. The summed E-state index contributed by atoms with van der Waals surface area (Å²) >= 11 is 4.89. The van der Waals surface area contributed by atoms with Crippen LogP contribution >= 0.6 is 27.7 Å². The number of aromatic nitrogens is 4. The summed E-state index contributed by atoms with van der Waals surface area (Å²) in [4.78, 5) is 17.4. The third kappa shape index (κ3) is 4.32. The molecule has 5 rings (SSSR count). The SMILES string of the molecule is CCC(Sc1nnc2c3ccccc3n(Cc3ccc(Br)cc3)c2n1)C(=O)NC1CC1. The van der Waals surface area contributed by atoms with Gasteiger partial charge in [-0.15, -0.1) is 10.2 Å². The Kier molecular flexibility index (Phi) is 5.67. The van der Waals surface area contributed by atoms with Crippen LogP contribution in [0.3, 0.4) is 0 Å². The molecule has 1 N–H and O–H groups in total. The van der Waals surface area contributed by atoms with Gasteiger partial charge in [-0.2, -0.15) is 0 Å². The molecular formula is C23H22BrN5OS. The Bertz CT molecular complexity index is 1250. The predicted octanol–water partition coefficient (Wildman–Crippen LogP) is 4.94. The van der Waals surface area contributed by atoms with Crippen molar-refractivity contribution in [3.63, 3.8) is 0 Å². The smallest absolute Gasteiger partial charge is 0.233 e. The van der Waals surface area contributed by atoms with Gasteiger partial charge in [0, 0.05) is 22.4 Å².